The lowest BCUT2D eigenvalue weighted by atomic mass is 9.96. The first-order valence-corrected chi connectivity index (χ1v) is 11.8. The van der Waals surface area contributed by atoms with Gasteiger partial charge in [-0.15, -0.1) is 0 Å². The molecule has 7 heteroatoms. The van der Waals surface area contributed by atoms with Crippen LogP contribution in [0.3, 0.4) is 0 Å². The summed E-state index contributed by atoms with van der Waals surface area (Å²) in [5.41, 5.74) is 5.18. The fourth-order valence-electron chi connectivity index (χ4n) is 3.39. The van der Waals surface area contributed by atoms with Gasteiger partial charge in [0.05, 0.1) is 11.1 Å². The molecule has 0 spiro atoms. The minimum atomic E-state index is -3.43. The summed E-state index contributed by atoms with van der Waals surface area (Å²) < 4.78 is 29.6. The van der Waals surface area contributed by atoms with Gasteiger partial charge in [0.1, 0.15) is 6.26 Å². The molecular formula is C25H22N2O4S. The van der Waals surface area contributed by atoms with E-state index in [4.69, 9.17) is 4.42 Å². The number of aryl methyl sites for hydroxylation is 2. The number of sulfone groups is 1. The van der Waals surface area contributed by atoms with Gasteiger partial charge in [-0.2, -0.15) is 0 Å². The molecule has 6 nitrogen and oxygen atoms in total. The number of aromatic nitrogens is 1. The Bertz CT molecular complexity index is 1410. The first-order valence-electron chi connectivity index (χ1n) is 9.95. The molecule has 0 aliphatic heterocycles. The number of nitrogens with one attached hydrogen (secondary N) is 1. The van der Waals surface area contributed by atoms with Gasteiger partial charge in [0, 0.05) is 23.1 Å². The van der Waals surface area contributed by atoms with Crippen LogP contribution >= 0.6 is 0 Å². The number of carbonyl (C=O) groups is 1. The van der Waals surface area contributed by atoms with Crippen molar-refractivity contribution in [2.24, 2.45) is 0 Å². The van der Waals surface area contributed by atoms with Gasteiger partial charge in [-0.1, -0.05) is 24.3 Å². The lowest BCUT2D eigenvalue weighted by Gasteiger charge is -2.14. The molecule has 0 fully saturated rings. The number of nitrogens with zero attached hydrogens (tertiary/aromatic N) is 1. The molecule has 32 heavy (non-hydrogen) atoms. The molecule has 0 aliphatic carbocycles. The Hall–Kier alpha value is -3.71. The molecule has 162 valence electrons. The Morgan fingerprint density at radius 3 is 2.44 bits per heavy atom. The molecule has 1 amide bonds. The summed E-state index contributed by atoms with van der Waals surface area (Å²) in [6.45, 7) is 3.98. The molecule has 4 aromatic rings. The molecule has 1 N–H and O–H groups in total. The fourth-order valence-corrected chi connectivity index (χ4v) is 4.04. The number of hydrogen-bond acceptors (Lipinski definition) is 5. The van der Waals surface area contributed by atoms with Gasteiger partial charge in [0.2, 0.25) is 5.89 Å². The topological polar surface area (TPSA) is 89.3 Å². The third-order valence-electron chi connectivity index (χ3n) is 5.28. The number of anilines is 1. The second-order valence-electron chi connectivity index (χ2n) is 7.65. The molecule has 0 saturated heterocycles. The smallest absolute Gasteiger partial charge is 0.256 e. The predicted octanol–water partition coefficient (Wildman–Crippen LogP) is 5.28. The van der Waals surface area contributed by atoms with Crippen LogP contribution in [0.5, 0.6) is 0 Å². The van der Waals surface area contributed by atoms with Gasteiger partial charge in [-0.05, 0) is 72.5 Å². The van der Waals surface area contributed by atoms with E-state index in [-0.39, 0.29) is 10.8 Å². The van der Waals surface area contributed by atoms with Crippen LogP contribution in [-0.2, 0) is 9.84 Å². The molecule has 4 rings (SSSR count). The van der Waals surface area contributed by atoms with Crippen LogP contribution in [0, 0.1) is 13.8 Å². The van der Waals surface area contributed by atoms with Crippen LogP contribution in [-0.4, -0.2) is 25.6 Å². The highest BCUT2D eigenvalue weighted by Gasteiger charge is 2.18. The Balaban J connectivity index is 1.75. The van der Waals surface area contributed by atoms with E-state index in [1.54, 1.807) is 36.5 Å². The van der Waals surface area contributed by atoms with Gasteiger partial charge < -0.3 is 9.73 Å². The molecule has 0 radical (unpaired) electrons. The molecule has 0 atom stereocenters. The second-order valence-corrected chi connectivity index (χ2v) is 9.67. The summed E-state index contributed by atoms with van der Waals surface area (Å²) >= 11 is 0. The molecule has 0 aliphatic rings. The highest BCUT2D eigenvalue weighted by Crippen LogP contribution is 2.30. The summed E-state index contributed by atoms with van der Waals surface area (Å²) in [4.78, 5) is 17.5. The maximum atomic E-state index is 13.2. The highest BCUT2D eigenvalue weighted by atomic mass is 32.2. The highest BCUT2D eigenvalue weighted by molar-refractivity contribution is 7.90. The van der Waals surface area contributed by atoms with Crippen molar-refractivity contribution < 1.29 is 17.6 Å². The van der Waals surface area contributed by atoms with Crippen molar-refractivity contribution in [2.45, 2.75) is 18.7 Å². The Labute approximate surface area is 186 Å². The first-order chi connectivity index (χ1) is 15.2. The van der Waals surface area contributed by atoms with Gasteiger partial charge in [-0.3, -0.25) is 4.79 Å². The normalized spacial score (nSPS) is 11.3. The van der Waals surface area contributed by atoms with Crippen molar-refractivity contribution in [3.8, 4) is 22.6 Å². The molecular weight excluding hydrogens is 424 g/mol. The van der Waals surface area contributed by atoms with Crippen molar-refractivity contribution in [1.29, 1.82) is 0 Å². The summed E-state index contributed by atoms with van der Waals surface area (Å²) in [6, 6.07) is 17.5. The average Bonchev–Trinajstić information content (AvgIpc) is 3.30. The second kappa shape index (κ2) is 8.43. The minimum absolute atomic E-state index is 0.160. The SMILES string of the molecule is Cc1ccc(-c2cc(S(C)(=O)=O)ccc2C(=O)Nc2cccc(-c3ncco3)c2)cc1C. The van der Waals surface area contributed by atoms with E-state index in [0.29, 0.717) is 22.7 Å². The number of rotatable bonds is 5. The number of amides is 1. The molecule has 3 aromatic carbocycles. The fraction of sp³-hybridized carbons (Fsp3) is 0.120. The quantitative estimate of drug-likeness (QED) is 0.450. The van der Waals surface area contributed by atoms with Gasteiger partial charge >= 0.3 is 0 Å². The molecule has 0 bridgehead atoms. The van der Waals surface area contributed by atoms with Gasteiger partial charge in [0.15, 0.2) is 9.84 Å². The third-order valence-corrected chi connectivity index (χ3v) is 6.39. The minimum Gasteiger partial charge on any atom is -0.445 e. The predicted molar refractivity (Wildman–Crippen MR) is 124 cm³/mol. The molecule has 1 heterocycles. The standard InChI is InChI=1S/C25H22N2O4S/c1-16-7-8-18(13-17(16)2)23-15-21(32(3,29)30)9-10-22(23)24(28)27-20-6-4-5-19(14-20)25-26-11-12-31-25/h4-15H,1-3H3,(H,27,28). The van der Waals surface area contributed by atoms with Gasteiger partial charge in [-0.25, -0.2) is 13.4 Å². The zero-order valence-electron chi connectivity index (χ0n) is 17.9. The van der Waals surface area contributed by atoms with E-state index in [9.17, 15) is 13.2 Å². The Morgan fingerprint density at radius 2 is 1.75 bits per heavy atom. The molecule has 0 unspecified atom stereocenters. The Morgan fingerprint density at radius 1 is 0.938 bits per heavy atom. The summed E-state index contributed by atoms with van der Waals surface area (Å²) in [6.07, 6.45) is 4.19. The first kappa shape index (κ1) is 21.5. The van der Waals surface area contributed by atoms with E-state index < -0.39 is 9.84 Å². The van der Waals surface area contributed by atoms with Crippen LogP contribution < -0.4 is 5.32 Å². The average molecular weight is 447 g/mol. The van der Waals surface area contributed by atoms with Crippen LogP contribution in [0.1, 0.15) is 21.5 Å². The van der Waals surface area contributed by atoms with Crippen molar-refractivity contribution >= 4 is 21.4 Å². The van der Waals surface area contributed by atoms with Crippen molar-refractivity contribution in [3.05, 3.63) is 89.8 Å². The lowest BCUT2D eigenvalue weighted by molar-refractivity contribution is 0.102. The number of oxazole rings is 1. The zero-order chi connectivity index (χ0) is 22.9. The molecule has 0 saturated carbocycles. The van der Waals surface area contributed by atoms with E-state index in [0.717, 1.165) is 28.5 Å². The van der Waals surface area contributed by atoms with Crippen molar-refractivity contribution in [1.82, 2.24) is 4.98 Å². The third kappa shape index (κ3) is 4.48. The van der Waals surface area contributed by atoms with Crippen LogP contribution in [0.4, 0.5) is 5.69 Å². The van der Waals surface area contributed by atoms with E-state index in [2.05, 4.69) is 10.3 Å². The van der Waals surface area contributed by atoms with Crippen LogP contribution in [0.2, 0.25) is 0 Å². The van der Waals surface area contributed by atoms with E-state index in [1.807, 2.05) is 38.1 Å². The van der Waals surface area contributed by atoms with Crippen LogP contribution in [0.15, 0.2) is 82.4 Å². The Kier molecular flexibility index (Phi) is 5.67. The van der Waals surface area contributed by atoms with Crippen LogP contribution in [0.25, 0.3) is 22.6 Å². The number of carbonyl (C=O) groups excluding carboxylic acids is 1. The zero-order valence-corrected chi connectivity index (χ0v) is 18.7. The lowest BCUT2D eigenvalue weighted by Crippen LogP contribution is -2.14. The van der Waals surface area contributed by atoms with E-state index >= 15 is 0 Å². The maximum absolute atomic E-state index is 13.2. The summed E-state index contributed by atoms with van der Waals surface area (Å²) in [7, 11) is -3.43. The van der Waals surface area contributed by atoms with Gasteiger partial charge in [0.25, 0.3) is 5.91 Å². The summed E-state index contributed by atoms with van der Waals surface area (Å²) in [5.74, 6) is 0.109. The number of benzene rings is 3. The summed E-state index contributed by atoms with van der Waals surface area (Å²) in [5, 5.41) is 2.90. The number of hydrogen-bond donors (Lipinski definition) is 1. The monoisotopic (exact) mass is 446 g/mol. The maximum Gasteiger partial charge on any atom is 0.256 e. The van der Waals surface area contributed by atoms with Crippen molar-refractivity contribution in [3.63, 3.8) is 0 Å². The largest absolute Gasteiger partial charge is 0.445 e. The molecule has 1 aromatic heterocycles. The van der Waals surface area contributed by atoms with Crippen molar-refractivity contribution in [2.75, 3.05) is 11.6 Å². The van der Waals surface area contributed by atoms with E-state index in [1.165, 1.54) is 12.3 Å².